The van der Waals surface area contributed by atoms with Crippen molar-refractivity contribution in [3.05, 3.63) is 498 Å². The normalized spacial score (nSPS) is 12.5. The molecule has 0 spiro atoms. The molecule has 1 aliphatic rings. The molecule has 14 aromatic heterocycles. The number of rotatable bonds is 15. The lowest BCUT2D eigenvalue weighted by atomic mass is 9.82. The van der Waals surface area contributed by atoms with Crippen molar-refractivity contribution >= 4 is 114 Å². The quantitative estimate of drug-likeness (QED) is 0.0896. The standard InChI is InChI=1S/C136H81N11O3/c1-136(2)111-40-16-15-34-97(111)107-75-108-110-64-89(63-109-96-33-9-12-37-104(96)133(148)145(130(109)110)127(108)76-112(107)136)84-31-23-29-82(61-84)78-44-46-81(47-45-78)119-70-92(69-118(141-119)80-27-7-4-8-28-80)94-53-55-102-98-51-48-85(73-125(98)146-131(102)128(94)100-35-10-13-38-105(100)134(146)149)90-65-117(79-25-5-3-6-26-79)142-120(66-90)87-32-24-30-83(62-87)88-50-57-116(140-77-88)122-68-91(67-121(143-122)113-41-17-20-58-137-113)86-49-52-99-103-56-54-95(129-101-36-11-14-39-106(101)135(150)147(132(103)129)126(99)74-86)93-71-123(114-42-18-21-59-138-114)144-124(72-93)115-43-19-22-60-139-115/h3-77H,1-2H3. The summed E-state index contributed by atoms with van der Waals surface area (Å²) in [6, 6.07) is 149. The van der Waals surface area contributed by atoms with Crippen LogP contribution >= 0.6 is 0 Å². The van der Waals surface area contributed by atoms with Crippen LogP contribution in [0.15, 0.2) is 470 Å². The summed E-state index contributed by atoms with van der Waals surface area (Å²) >= 11 is 0. The second kappa shape index (κ2) is 33.2. The summed E-state index contributed by atoms with van der Waals surface area (Å²) in [6.45, 7) is 4.59. The Hall–Kier alpha value is -20.1. The number of benzene rings is 15. The SMILES string of the molecule is CC1(C)c2ccccc2-c2cc3c4cc(-c5cccc(-c6ccc(-c7cc(-c8ccc9c%10ccc(-c%11cc(-c%12ccccc%12)nc(-c%12cccc(-c%13ccc(-c%14cc(-c%15ccc%16c%17ccc(-c%18cc(-c%19ccccn%19)nc(-c%19ccccn%19)c%18)c%18c%19ccccc%19c(=O)n(c%16c%15)c%17%18)cc(-c%15ccccn%15)n%14)nc%13)c%12)c%11)cc%10n%10c(=O)c%11ccccc%11c8c9%10)cc(-c8ccccc8)n7)cc6)c5)cc5c6ccccc6c(=O)n(c3cc21)c54. The zero-order chi connectivity index (χ0) is 99.4. The van der Waals surface area contributed by atoms with Gasteiger partial charge in [0.2, 0.25) is 0 Å². The maximum absolute atomic E-state index is 15.8. The van der Waals surface area contributed by atoms with E-state index in [0.717, 1.165) is 232 Å². The smallest absolute Gasteiger partial charge is 0.263 e. The van der Waals surface area contributed by atoms with Gasteiger partial charge in [-0.05, 0) is 268 Å². The fourth-order valence-corrected chi connectivity index (χ4v) is 23.9. The van der Waals surface area contributed by atoms with Crippen LogP contribution in [0.25, 0.3) is 293 Å². The van der Waals surface area contributed by atoms with Gasteiger partial charge in [-0.25, -0.2) is 19.9 Å². The van der Waals surface area contributed by atoms with Crippen LogP contribution < -0.4 is 16.7 Å². The lowest BCUT2D eigenvalue weighted by Crippen LogP contribution is -2.16. The molecule has 0 bridgehead atoms. The van der Waals surface area contributed by atoms with Crippen LogP contribution in [0.1, 0.15) is 25.0 Å². The predicted molar refractivity (Wildman–Crippen MR) is 611 cm³/mol. The molecule has 0 saturated heterocycles. The van der Waals surface area contributed by atoms with E-state index >= 15 is 9.59 Å². The largest absolute Gasteiger partial charge is 0.275 e. The summed E-state index contributed by atoms with van der Waals surface area (Å²) < 4.78 is 5.84. The Morgan fingerprint density at radius 3 is 1.05 bits per heavy atom. The third-order valence-electron chi connectivity index (χ3n) is 31.1. The second-order valence-corrected chi connectivity index (χ2v) is 39.8. The van der Waals surface area contributed by atoms with Crippen LogP contribution in [0.4, 0.5) is 0 Å². The van der Waals surface area contributed by atoms with Gasteiger partial charge in [-0.15, -0.1) is 0 Å². The maximum atomic E-state index is 15.8. The maximum Gasteiger partial charge on any atom is 0.263 e. The monoisotopic (exact) mass is 1920 g/mol. The molecule has 0 saturated carbocycles. The van der Waals surface area contributed by atoms with Gasteiger partial charge in [0.1, 0.15) is 0 Å². The van der Waals surface area contributed by atoms with Crippen LogP contribution in [0, 0.1) is 0 Å². The van der Waals surface area contributed by atoms with Crippen LogP contribution in [0.2, 0.25) is 0 Å². The second-order valence-electron chi connectivity index (χ2n) is 39.8. The fourth-order valence-electron chi connectivity index (χ4n) is 23.9. The van der Waals surface area contributed by atoms with Crippen molar-refractivity contribution in [2.75, 3.05) is 0 Å². The number of hydrogen-bond acceptors (Lipinski definition) is 11. The summed E-state index contributed by atoms with van der Waals surface area (Å²) in [6.07, 6.45) is 7.25. The molecule has 14 heteroatoms. The van der Waals surface area contributed by atoms with Crippen molar-refractivity contribution in [1.82, 2.24) is 53.1 Å². The van der Waals surface area contributed by atoms with Crippen molar-refractivity contribution in [3.8, 4) is 180 Å². The Morgan fingerprint density at radius 2 is 0.533 bits per heavy atom. The summed E-state index contributed by atoms with van der Waals surface area (Å²) in [5.74, 6) is 0. The third kappa shape index (κ3) is 13.4. The highest BCUT2D eigenvalue weighted by Crippen LogP contribution is 2.54. The number of pyridine rings is 11. The molecule has 14 nitrogen and oxygen atoms in total. The molecule has 698 valence electrons. The van der Waals surface area contributed by atoms with Gasteiger partial charge in [-0.3, -0.25) is 47.5 Å². The highest BCUT2D eigenvalue weighted by molar-refractivity contribution is 6.28. The minimum atomic E-state index is -0.238. The van der Waals surface area contributed by atoms with E-state index in [9.17, 15) is 4.79 Å². The van der Waals surface area contributed by atoms with Crippen LogP contribution in [0.3, 0.4) is 0 Å². The van der Waals surface area contributed by atoms with Crippen molar-refractivity contribution in [1.29, 1.82) is 0 Å². The molecule has 30 rings (SSSR count). The van der Waals surface area contributed by atoms with Gasteiger partial charge in [0.15, 0.2) is 0 Å². The van der Waals surface area contributed by atoms with E-state index < -0.39 is 0 Å². The Morgan fingerprint density at radius 1 is 0.180 bits per heavy atom. The molecule has 0 fully saturated rings. The molecule has 1 aliphatic carbocycles. The fraction of sp³-hybridized carbons (Fsp3) is 0.0221. The summed E-state index contributed by atoms with van der Waals surface area (Å²) in [5, 5.41) is 13.5. The Balaban J connectivity index is 0.490. The van der Waals surface area contributed by atoms with Gasteiger partial charge in [0.05, 0.1) is 101 Å². The first-order valence-electron chi connectivity index (χ1n) is 50.5. The molecule has 0 aliphatic heterocycles. The highest BCUT2D eigenvalue weighted by atomic mass is 16.1. The Kier molecular flexibility index (Phi) is 18.9. The molecule has 0 radical (unpaired) electrons. The van der Waals surface area contributed by atoms with Crippen molar-refractivity contribution in [3.63, 3.8) is 0 Å². The zero-order valence-electron chi connectivity index (χ0n) is 80.9. The zero-order valence-corrected chi connectivity index (χ0v) is 80.9. The van der Waals surface area contributed by atoms with Crippen molar-refractivity contribution in [2.24, 2.45) is 0 Å². The molecular weight excluding hydrogens is 1840 g/mol. The summed E-state index contributed by atoms with van der Waals surface area (Å²) in [5.41, 5.74) is 35.7. The average Bonchev–Trinajstić information content (AvgIpc) is 1.53. The molecule has 29 aromatic rings. The summed E-state index contributed by atoms with van der Waals surface area (Å²) in [4.78, 5) is 87.0. The van der Waals surface area contributed by atoms with Crippen molar-refractivity contribution in [2.45, 2.75) is 19.3 Å². The molecule has 0 atom stereocenters. The molecule has 15 aromatic carbocycles. The molecule has 150 heavy (non-hydrogen) atoms. The predicted octanol–water partition coefficient (Wildman–Crippen LogP) is 31.7. The van der Waals surface area contributed by atoms with E-state index in [1.807, 2.05) is 159 Å². The topological polar surface area (TPSA) is 168 Å². The van der Waals surface area contributed by atoms with Gasteiger partial charge >= 0.3 is 0 Å². The van der Waals surface area contributed by atoms with E-state index in [4.69, 9.17) is 39.9 Å². The van der Waals surface area contributed by atoms with Gasteiger partial charge < -0.3 is 0 Å². The number of aromatic nitrogens is 11. The lowest BCUT2D eigenvalue weighted by molar-refractivity contribution is 0.661. The summed E-state index contributed by atoms with van der Waals surface area (Å²) in [7, 11) is 0. The van der Waals surface area contributed by atoms with Crippen LogP contribution in [0.5, 0.6) is 0 Å². The molecule has 0 amide bonds. The van der Waals surface area contributed by atoms with Gasteiger partial charge in [-0.2, -0.15) is 0 Å². The minimum absolute atomic E-state index is 0.00412. The molecule has 0 unspecified atom stereocenters. The number of fused-ring (bicyclic) bond motifs is 18. The third-order valence-corrected chi connectivity index (χ3v) is 31.1. The first kappa shape index (κ1) is 85.5. The molecule has 0 N–H and O–H groups in total. The first-order valence-corrected chi connectivity index (χ1v) is 50.5. The Labute approximate surface area is 857 Å². The first-order chi connectivity index (χ1) is 73.8. The lowest BCUT2D eigenvalue weighted by Gasteiger charge is -2.21. The molecule has 14 heterocycles. The number of nitrogens with zero attached hydrogens (tertiary/aromatic N) is 11. The van der Waals surface area contributed by atoms with E-state index in [0.29, 0.717) is 50.3 Å². The van der Waals surface area contributed by atoms with Crippen molar-refractivity contribution < 1.29 is 0 Å². The van der Waals surface area contributed by atoms with Crippen LogP contribution in [-0.2, 0) is 5.41 Å². The highest BCUT2D eigenvalue weighted by Gasteiger charge is 2.37. The van der Waals surface area contributed by atoms with Gasteiger partial charge in [0.25, 0.3) is 16.7 Å². The Bertz CT molecular complexity index is 10900. The van der Waals surface area contributed by atoms with E-state index in [1.54, 1.807) is 18.6 Å². The number of hydrogen-bond donors (Lipinski definition) is 0. The average molecular weight is 1920 g/mol. The molecular formula is C136H81N11O3. The minimum Gasteiger partial charge on any atom is -0.275 e. The van der Waals surface area contributed by atoms with Crippen LogP contribution in [-0.4, -0.2) is 53.1 Å². The van der Waals surface area contributed by atoms with E-state index in [1.165, 1.54) is 22.3 Å². The van der Waals surface area contributed by atoms with Gasteiger partial charge in [0, 0.05) is 123 Å². The van der Waals surface area contributed by atoms with Gasteiger partial charge in [-0.1, -0.05) is 287 Å². The van der Waals surface area contributed by atoms with E-state index in [-0.39, 0.29) is 22.1 Å². The van der Waals surface area contributed by atoms with E-state index in [2.05, 4.69) is 305 Å².